The van der Waals surface area contributed by atoms with Crippen molar-refractivity contribution in [2.24, 2.45) is 12.8 Å². The molecule has 0 saturated heterocycles. The third kappa shape index (κ3) is 3.51. The third-order valence-electron chi connectivity index (χ3n) is 2.98. The van der Waals surface area contributed by atoms with Crippen LogP contribution in [0.15, 0.2) is 30.6 Å². The maximum Gasteiger partial charge on any atom is 0.165 e. The van der Waals surface area contributed by atoms with Gasteiger partial charge in [-0.15, -0.1) is 0 Å². The van der Waals surface area contributed by atoms with Crippen LogP contribution in [0.25, 0.3) is 0 Å². The Kier molecular flexibility index (Phi) is 5.01. The summed E-state index contributed by atoms with van der Waals surface area (Å²) in [5.74, 6) is 1.50. The number of hydrogen-bond acceptors (Lipinski definition) is 4. The summed E-state index contributed by atoms with van der Waals surface area (Å²) in [5, 5.41) is 4.14. The molecule has 0 saturated carbocycles. The van der Waals surface area contributed by atoms with E-state index >= 15 is 0 Å². The van der Waals surface area contributed by atoms with Crippen molar-refractivity contribution >= 4 is 0 Å². The van der Waals surface area contributed by atoms with E-state index in [-0.39, 0.29) is 0 Å². The minimum Gasteiger partial charge on any atom is -0.490 e. The molecule has 2 N–H and O–H groups in total. The normalized spacial score (nSPS) is 10.6. The maximum atomic E-state index is 5.88. The van der Waals surface area contributed by atoms with Gasteiger partial charge in [0.15, 0.2) is 11.5 Å². The van der Waals surface area contributed by atoms with Gasteiger partial charge in [0.1, 0.15) is 0 Å². The molecule has 0 aliphatic heterocycles. The van der Waals surface area contributed by atoms with E-state index in [1.54, 1.807) is 4.68 Å². The molecule has 0 amide bonds. The van der Waals surface area contributed by atoms with E-state index in [9.17, 15) is 0 Å². The van der Waals surface area contributed by atoms with Crippen LogP contribution in [0.2, 0.25) is 0 Å². The van der Waals surface area contributed by atoms with Gasteiger partial charge in [-0.2, -0.15) is 5.10 Å². The molecule has 0 unspecified atom stereocenters. The zero-order chi connectivity index (χ0) is 14.4. The largest absolute Gasteiger partial charge is 0.490 e. The van der Waals surface area contributed by atoms with Gasteiger partial charge >= 0.3 is 0 Å². The number of aromatic nitrogens is 2. The van der Waals surface area contributed by atoms with Crippen LogP contribution >= 0.6 is 0 Å². The molecule has 2 aromatic rings. The number of para-hydroxylation sites is 1. The number of nitrogens with two attached hydrogens (primary N) is 1. The Hall–Kier alpha value is -2.01. The lowest BCUT2D eigenvalue weighted by atomic mass is 10.2. The quantitative estimate of drug-likeness (QED) is 0.838. The van der Waals surface area contributed by atoms with Gasteiger partial charge in [0.25, 0.3) is 0 Å². The van der Waals surface area contributed by atoms with E-state index in [0.717, 1.165) is 29.0 Å². The average Bonchev–Trinajstić information content (AvgIpc) is 2.86. The summed E-state index contributed by atoms with van der Waals surface area (Å²) in [4.78, 5) is 0. The highest BCUT2D eigenvalue weighted by Gasteiger charge is 2.10. The molecule has 0 aliphatic rings. The highest BCUT2D eigenvalue weighted by molar-refractivity contribution is 5.46. The zero-order valence-corrected chi connectivity index (χ0v) is 12.0. The van der Waals surface area contributed by atoms with Gasteiger partial charge in [0.2, 0.25) is 0 Å². The molecule has 5 heteroatoms. The van der Waals surface area contributed by atoms with E-state index in [1.165, 1.54) is 0 Å². The van der Waals surface area contributed by atoms with Crippen molar-refractivity contribution in [3.8, 4) is 11.5 Å². The monoisotopic (exact) mass is 275 g/mol. The van der Waals surface area contributed by atoms with Crippen LogP contribution in [0.4, 0.5) is 0 Å². The first-order valence-electron chi connectivity index (χ1n) is 6.79. The maximum absolute atomic E-state index is 5.88. The molecule has 1 heterocycles. The predicted molar refractivity (Wildman–Crippen MR) is 77.9 cm³/mol. The van der Waals surface area contributed by atoms with Gasteiger partial charge < -0.3 is 15.2 Å². The molecule has 0 aliphatic carbocycles. The van der Waals surface area contributed by atoms with Crippen molar-refractivity contribution in [1.29, 1.82) is 0 Å². The van der Waals surface area contributed by atoms with Crippen LogP contribution in [-0.4, -0.2) is 23.0 Å². The lowest BCUT2D eigenvalue weighted by Gasteiger charge is -2.14. The van der Waals surface area contributed by atoms with Crippen molar-refractivity contribution in [1.82, 2.24) is 9.78 Å². The van der Waals surface area contributed by atoms with Gasteiger partial charge in [0.05, 0.1) is 19.4 Å². The van der Waals surface area contributed by atoms with E-state index in [2.05, 4.69) is 5.10 Å². The molecule has 20 heavy (non-hydrogen) atoms. The fraction of sp³-hybridized carbons (Fsp3) is 0.400. The summed E-state index contributed by atoms with van der Waals surface area (Å²) >= 11 is 0. The highest BCUT2D eigenvalue weighted by Crippen LogP contribution is 2.31. The van der Waals surface area contributed by atoms with Gasteiger partial charge in [-0.1, -0.05) is 12.1 Å². The Morgan fingerprint density at radius 2 is 2.15 bits per heavy atom. The highest BCUT2D eigenvalue weighted by atomic mass is 16.5. The molecule has 1 aromatic carbocycles. The summed E-state index contributed by atoms with van der Waals surface area (Å²) in [6.45, 7) is 3.56. The van der Waals surface area contributed by atoms with Crippen LogP contribution in [0.5, 0.6) is 11.5 Å². The SMILES string of the molecule is CCOc1cccc(CN)c1OCCc1cnn(C)c1. The molecule has 0 atom stereocenters. The molecule has 0 spiro atoms. The fourth-order valence-corrected chi connectivity index (χ4v) is 2.03. The van der Waals surface area contributed by atoms with Crippen LogP contribution in [-0.2, 0) is 20.0 Å². The van der Waals surface area contributed by atoms with Gasteiger partial charge in [-0.25, -0.2) is 0 Å². The molecule has 5 nitrogen and oxygen atoms in total. The van der Waals surface area contributed by atoms with E-state index in [0.29, 0.717) is 19.8 Å². The third-order valence-corrected chi connectivity index (χ3v) is 2.98. The van der Waals surface area contributed by atoms with E-state index < -0.39 is 0 Å². The second-order valence-corrected chi connectivity index (χ2v) is 4.50. The Labute approximate surface area is 119 Å². The molecule has 0 bridgehead atoms. The second kappa shape index (κ2) is 6.96. The van der Waals surface area contributed by atoms with Crippen LogP contribution < -0.4 is 15.2 Å². The fourth-order valence-electron chi connectivity index (χ4n) is 2.03. The van der Waals surface area contributed by atoms with Gasteiger partial charge in [-0.3, -0.25) is 4.68 Å². The van der Waals surface area contributed by atoms with Crippen molar-refractivity contribution in [3.05, 3.63) is 41.7 Å². The lowest BCUT2D eigenvalue weighted by Crippen LogP contribution is -2.07. The molecule has 108 valence electrons. The topological polar surface area (TPSA) is 62.3 Å². The minimum atomic E-state index is 0.434. The van der Waals surface area contributed by atoms with Crippen LogP contribution in [0.1, 0.15) is 18.1 Å². The molecule has 1 aromatic heterocycles. The summed E-state index contributed by atoms with van der Waals surface area (Å²) in [7, 11) is 1.90. The second-order valence-electron chi connectivity index (χ2n) is 4.50. The Balaban J connectivity index is 2.03. The molecule has 0 fully saturated rings. The molecule has 2 rings (SSSR count). The lowest BCUT2D eigenvalue weighted by molar-refractivity contribution is 0.276. The van der Waals surface area contributed by atoms with Crippen molar-refractivity contribution < 1.29 is 9.47 Å². The summed E-state index contributed by atoms with van der Waals surface area (Å²) in [5.41, 5.74) is 7.86. The molecular formula is C15H21N3O2. The van der Waals surface area contributed by atoms with Crippen LogP contribution in [0.3, 0.4) is 0 Å². The van der Waals surface area contributed by atoms with Gasteiger partial charge in [0, 0.05) is 31.8 Å². The number of ether oxygens (including phenoxy) is 2. The number of hydrogen-bond donors (Lipinski definition) is 1. The average molecular weight is 275 g/mol. The first-order valence-corrected chi connectivity index (χ1v) is 6.79. The first kappa shape index (κ1) is 14.4. The van der Waals surface area contributed by atoms with Crippen molar-refractivity contribution in [2.45, 2.75) is 19.9 Å². The first-order chi connectivity index (χ1) is 9.74. The van der Waals surface area contributed by atoms with E-state index in [4.69, 9.17) is 15.2 Å². The summed E-state index contributed by atoms with van der Waals surface area (Å²) < 4.78 is 13.3. The number of benzene rings is 1. The van der Waals surface area contributed by atoms with E-state index in [1.807, 2.05) is 44.6 Å². The Bertz CT molecular complexity index is 552. The number of aryl methyl sites for hydroxylation is 1. The zero-order valence-electron chi connectivity index (χ0n) is 12.0. The Morgan fingerprint density at radius 3 is 2.80 bits per heavy atom. The smallest absolute Gasteiger partial charge is 0.165 e. The standard InChI is InChI=1S/C15H21N3O2/c1-3-19-14-6-4-5-13(9-16)15(14)20-8-7-12-10-17-18(2)11-12/h4-6,10-11H,3,7-9,16H2,1-2H3. The van der Waals surface area contributed by atoms with Crippen LogP contribution in [0, 0.1) is 0 Å². The number of rotatable bonds is 7. The summed E-state index contributed by atoms with van der Waals surface area (Å²) in [6, 6.07) is 5.80. The molecular weight excluding hydrogens is 254 g/mol. The minimum absolute atomic E-state index is 0.434. The Morgan fingerprint density at radius 1 is 1.30 bits per heavy atom. The summed E-state index contributed by atoms with van der Waals surface area (Å²) in [6.07, 6.45) is 4.64. The number of nitrogens with zero attached hydrogens (tertiary/aromatic N) is 2. The van der Waals surface area contributed by atoms with Gasteiger partial charge in [-0.05, 0) is 18.6 Å². The van der Waals surface area contributed by atoms with Crippen molar-refractivity contribution in [2.75, 3.05) is 13.2 Å². The van der Waals surface area contributed by atoms with Crippen molar-refractivity contribution in [3.63, 3.8) is 0 Å². The predicted octanol–water partition coefficient (Wildman–Crippen LogP) is 1.90. The molecule has 0 radical (unpaired) electrons.